The Balaban J connectivity index is 1.53. The summed E-state index contributed by atoms with van der Waals surface area (Å²) >= 11 is 0. The van der Waals surface area contributed by atoms with Crippen molar-refractivity contribution in [3.63, 3.8) is 0 Å². The summed E-state index contributed by atoms with van der Waals surface area (Å²) in [6, 6.07) is 12.7. The van der Waals surface area contributed by atoms with Gasteiger partial charge in [0.1, 0.15) is 5.65 Å². The zero-order valence-electron chi connectivity index (χ0n) is 14.6. The average molecular weight is 349 g/mol. The number of nitrogens with one attached hydrogen (secondary N) is 2. The van der Waals surface area contributed by atoms with E-state index in [4.69, 9.17) is 5.73 Å². The summed E-state index contributed by atoms with van der Waals surface area (Å²) in [7, 11) is 0. The third kappa shape index (κ3) is 3.41. The number of likely N-dealkylation sites (tertiary alicyclic amines) is 1. The predicted molar refractivity (Wildman–Crippen MR) is 103 cm³/mol. The molecule has 4 rings (SSSR count). The van der Waals surface area contributed by atoms with Gasteiger partial charge in [-0.05, 0) is 31.0 Å². The molecule has 2 aromatic heterocycles. The molecule has 1 atom stereocenters. The quantitative estimate of drug-likeness (QED) is 0.661. The summed E-state index contributed by atoms with van der Waals surface area (Å²) in [4.78, 5) is 21.7. The molecule has 134 valence electrons. The molecule has 4 N–H and O–H groups in total. The Kier molecular flexibility index (Phi) is 4.58. The number of benzene rings is 1. The summed E-state index contributed by atoms with van der Waals surface area (Å²) in [5.41, 5.74) is 8.88. The second kappa shape index (κ2) is 7.17. The van der Waals surface area contributed by atoms with Gasteiger partial charge in [-0.15, -0.1) is 0 Å². The van der Waals surface area contributed by atoms with Crippen LogP contribution in [0, 0.1) is 0 Å². The molecule has 1 aliphatic heterocycles. The molecule has 6 heteroatoms. The number of rotatable bonds is 5. The maximum Gasteiger partial charge on any atom is 0.252 e. The van der Waals surface area contributed by atoms with Gasteiger partial charge in [0.25, 0.3) is 5.91 Å². The number of carbonyl (C=O) groups is 1. The number of fused-ring (bicyclic) bond motifs is 1. The molecule has 1 fully saturated rings. The summed E-state index contributed by atoms with van der Waals surface area (Å²) < 4.78 is 0. The van der Waals surface area contributed by atoms with Crippen LogP contribution >= 0.6 is 0 Å². The third-order valence-electron chi connectivity index (χ3n) is 4.96. The molecule has 3 aromatic rings. The fraction of sp³-hybridized carbons (Fsp3) is 0.300. The lowest BCUT2D eigenvalue weighted by molar-refractivity contribution is 0.100. The van der Waals surface area contributed by atoms with Gasteiger partial charge >= 0.3 is 0 Å². The number of piperidine rings is 1. The molecule has 0 aliphatic carbocycles. The number of aromatic amines is 1. The zero-order valence-corrected chi connectivity index (χ0v) is 14.6. The molecule has 1 aromatic carbocycles. The molecule has 0 saturated carbocycles. The van der Waals surface area contributed by atoms with Crippen molar-refractivity contribution in [2.45, 2.75) is 25.4 Å². The van der Waals surface area contributed by atoms with Crippen LogP contribution in [0.15, 0.2) is 48.8 Å². The van der Waals surface area contributed by atoms with Crippen molar-refractivity contribution in [1.82, 2.24) is 14.9 Å². The van der Waals surface area contributed by atoms with E-state index in [9.17, 15) is 4.79 Å². The van der Waals surface area contributed by atoms with E-state index in [0.717, 1.165) is 49.2 Å². The first-order valence-corrected chi connectivity index (χ1v) is 8.99. The highest BCUT2D eigenvalue weighted by Crippen LogP contribution is 2.27. The molecule has 3 heterocycles. The second-order valence-corrected chi connectivity index (χ2v) is 6.86. The van der Waals surface area contributed by atoms with Crippen LogP contribution in [0.5, 0.6) is 0 Å². The van der Waals surface area contributed by atoms with Crippen LogP contribution < -0.4 is 11.1 Å². The van der Waals surface area contributed by atoms with Crippen molar-refractivity contribution in [2.75, 3.05) is 18.4 Å². The second-order valence-electron chi connectivity index (χ2n) is 6.86. The number of anilines is 1. The number of carbonyl (C=O) groups excluding carboxylic acids is 1. The minimum absolute atomic E-state index is 0.270. The van der Waals surface area contributed by atoms with E-state index in [1.807, 2.05) is 18.3 Å². The van der Waals surface area contributed by atoms with Crippen molar-refractivity contribution in [2.24, 2.45) is 5.73 Å². The molecular formula is C20H23N5O. The third-order valence-corrected chi connectivity index (χ3v) is 4.96. The largest absolute Gasteiger partial charge is 0.380 e. The van der Waals surface area contributed by atoms with Gasteiger partial charge in [-0.1, -0.05) is 30.3 Å². The lowest BCUT2D eigenvalue weighted by atomic mass is 10.0. The first kappa shape index (κ1) is 16.6. The van der Waals surface area contributed by atoms with E-state index in [1.54, 1.807) is 6.20 Å². The molecule has 1 amide bonds. The SMILES string of the molecule is NC(=O)c1cnc2[nH]ccc2c1N[C@@H]1CCCN(Cc2ccccc2)C1. The average Bonchev–Trinajstić information content (AvgIpc) is 3.12. The Morgan fingerprint density at radius 3 is 2.96 bits per heavy atom. The number of hydrogen-bond donors (Lipinski definition) is 3. The number of primary amides is 1. The maximum atomic E-state index is 11.9. The zero-order chi connectivity index (χ0) is 17.9. The monoisotopic (exact) mass is 349 g/mol. The van der Waals surface area contributed by atoms with Crippen molar-refractivity contribution in [3.8, 4) is 0 Å². The van der Waals surface area contributed by atoms with Crippen molar-refractivity contribution in [1.29, 1.82) is 0 Å². The Hall–Kier alpha value is -2.86. The molecule has 26 heavy (non-hydrogen) atoms. The van der Waals surface area contributed by atoms with E-state index in [0.29, 0.717) is 5.56 Å². The lowest BCUT2D eigenvalue weighted by Crippen LogP contribution is -2.42. The minimum Gasteiger partial charge on any atom is -0.380 e. The smallest absolute Gasteiger partial charge is 0.252 e. The van der Waals surface area contributed by atoms with Gasteiger partial charge in [-0.3, -0.25) is 9.69 Å². The van der Waals surface area contributed by atoms with Crippen LogP contribution in [0.25, 0.3) is 11.0 Å². The van der Waals surface area contributed by atoms with Gasteiger partial charge in [0.2, 0.25) is 0 Å². The van der Waals surface area contributed by atoms with Gasteiger partial charge in [0, 0.05) is 36.9 Å². The fourth-order valence-electron chi connectivity index (χ4n) is 3.71. The summed E-state index contributed by atoms with van der Waals surface area (Å²) in [5.74, 6) is -0.458. The lowest BCUT2D eigenvalue weighted by Gasteiger charge is -2.34. The molecule has 0 bridgehead atoms. The van der Waals surface area contributed by atoms with Crippen molar-refractivity contribution >= 4 is 22.6 Å². The molecule has 6 nitrogen and oxygen atoms in total. The number of hydrogen-bond acceptors (Lipinski definition) is 4. The van der Waals surface area contributed by atoms with E-state index >= 15 is 0 Å². The molecule has 0 unspecified atom stereocenters. The molecule has 0 radical (unpaired) electrons. The normalized spacial score (nSPS) is 18.1. The van der Waals surface area contributed by atoms with Gasteiger partial charge < -0.3 is 16.0 Å². The highest BCUT2D eigenvalue weighted by atomic mass is 16.1. The minimum atomic E-state index is -0.458. The van der Waals surface area contributed by atoms with Crippen LogP contribution in [0.4, 0.5) is 5.69 Å². The molecular weight excluding hydrogens is 326 g/mol. The van der Waals surface area contributed by atoms with Crippen LogP contribution in [0.1, 0.15) is 28.8 Å². The molecule has 1 aliphatic rings. The number of pyridine rings is 1. The Morgan fingerprint density at radius 1 is 1.31 bits per heavy atom. The first-order chi connectivity index (χ1) is 12.7. The van der Waals surface area contributed by atoms with E-state index < -0.39 is 5.91 Å². The van der Waals surface area contributed by atoms with Crippen molar-refractivity contribution < 1.29 is 4.79 Å². The van der Waals surface area contributed by atoms with Crippen LogP contribution in [0.3, 0.4) is 0 Å². The Labute approximate surface area is 152 Å². The van der Waals surface area contributed by atoms with Gasteiger partial charge in [-0.25, -0.2) is 4.98 Å². The number of nitrogens with two attached hydrogens (primary N) is 1. The van der Waals surface area contributed by atoms with E-state index in [1.165, 1.54) is 5.56 Å². The summed E-state index contributed by atoms with van der Waals surface area (Å²) in [5, 5.41) is 4.48. The predicted octanol–water partition coefficient (Wildman–Crippen LogP) is 2.74. The number of H-pyrrole nitrogens is 1. The van der Waals surface area contributed by atoms with Crippen LogP contribution in [-0.2, 0) is 6.54 Å². The first-order valence-electron chi connectivity index (χ1n) is 8.99. The number of nitrogens with zero attached hydrogens (tertiary/aromatic N) is 2. The maximum absolute atomic E-state index is 11.9. The van der Waals surface area contributed by atoms with Crippen molar-refractivity contribution in [3.05, 3.63) is 59.9 Å². The summed E-state index contributed by atoms with van der Waals surface area (Å²) in [6.45, 7) is 2.96. The Morgan fingerprint density at radius 2 is 2.15 bits per heavy atom. The van der Waals surface area contributed by atoms with Crippen LogP contribution in [-0.4, -0.2) is 39.9 Å². The molecule has 0 spiro atoms. The molecule has 1 saturated heterocycles. The standard InChI is InChI=1S/C20H23N5O/c21-19(26)17-11-23-20-16(8-9-22-20)18(17)24-15-7-4-10-25(13-15)12-14-5-2-1-3-6-14/h1-3,5-6,8-9,11,15H,4,7,10,12-13H2,(H2,21,26)(H2,22,23,24)/t15-/m1/s1. The highest BCUT2D eigenvalue weighted by molar-refractivity contribution is 6.05. The van der Waals surface area contributed by atoms with E-state index in [-0.39, 0.29) is 6.04 Å². The van der Waals surface area contributed by atoms with Gasteiger partial charge in [-0.2, -0.15) is 0 Å². The highest BCUT2D eigenvalue weighted by Gasteiger charge is 2.23. The number of aromatic nitrogens is 2. The summed E-state index contributed by atoms with van der Waals surface area (Å²) in [6.07, 6.45) is 5.57. The topological polar surface area (TPSA) is 87.0 Å². The fourth-order valence-corrected chi connectivity index (χ4v) is 3.71. The van der Waals surface area contributed by atoms with E-state index in [2.05, 4.69) is 44.5 Å². The van der Waals surface area contributed by atoms with Gasteiger partial charge in [0.05, 0.1) is 11.3 Å². The van der Waals surface area contributed by atoms with Crippen LogP contribution in [0.2, 0.25) is 0 Å². The Bertz CT molecular complexity index is 905. The number of amides is 1. The van der Waals surface area contributed by atoms with Gasteiger partial charge in [0.15, 0.2) is 0 Å².